The highest BCUT2D eigenvalue weighted by Crippen LogP contribution is 2.23. The van der Waals surface area contributed by atoms with Crippen LogP contribution in [-0.2, 0) is 14.3 Å². The third-order valence-corrected chi connectivity index (χ3v) is 4.04. The van der Waals surface area contributed by atoms with Crippen LogP contribution in [0, 0.1) is 0 Å². The van der Waals surface area contributed by atoms with Crippen molar-refractivity contribution < 1.29 is 27.3 Å². The van der Waals surface area contributed by atoms with Crippen LogP contribution < -0.4 is 0 Å². The number of hydrogen-bond donors (Lipinski definition) is 1. The summed E-state index contributed by atoms with van der Waals surface area (Å²) in [5.74, 6) is -2.48. The van der Waals surface area contributed by atoms with E-state index in [9.17, 15) is 18.0 Å². The average molecular weight is 308 g/mol. The van der Waals surface area contributed by atoms with Crippen LogP contribution in [0.25, 0.3) is 10.8 Å². The van der Waals surface area contributed by atoms with E-state index in [1.165, 1.54) is 37.3 Å². The molecule has 0 radical (unpaired) electrons. The van der Waals surface area contributed by atoms with Crippen LogP contribution in [0.3, 0.4) is 0 Å². The first-order chi connectivity index (χ1) is 9.85. The second-order valence-corrected chi connectivity index (χ2v) is 6.09. The van der Waals surface area contributed by atoms with Crippen molar-refractivity contribution in [2.24, 2.45) is 0 Å². The van der Waals surface area contributed by atoms with Gasteiger partial charge in [0, 0.05) is 0 Å². The molecule has 0 bridgehead atoms. The highest BCUT2D eigenvalue weighted by Gasteiger charge is 2.20. The third-order valence-electron chi connectivity index (χ3n) is 2.93. The first kappa shape index (κ1) is 15.0. The molecule has 0 spiro atoms. The molecule has 2 aromatic rings. The van der Waals surface area contributed by atoms with Gasteiger partial charge in [0.25, 0.3) is 0 Å². The fourth-order valence-electron chi connectivity index (χ4n) is 1.89. The van der Waals surface area contributed by atoms with Crippen molar-refractivity contribution in [2.75, 3.05) is 5.75 Å². The maximum atomic E-state index is 12.0. The Morgan fingerprint density at radius 2 is 1.57 bits per heavy atom. The van der Waals surface area contributed by atoms with Gasteiger partial charge in [-0.3, -0.25) is 0 Å². The van der Waals surface area contributed by atoms with E-state index in [0.717, 1.165) is 0 Å². The summed E-state index contributed by atoms with van der Waals surface area (Å²) in [5.41, 5.74) is 0.0353. The second-order valence-electron chi connectivity index (χ2n) is 4.23. The summed E-state index contributed by atoms with van der Waals surface area (Å²) in [5, 5.41) is 9.79. The maximum Gasteiger partial charge on any atom is 0.354 e. The minimum atomic E-state index is -3.93. The molecule has 0 fully saturated rings. The van der Waals surface area contributed by atoms with Crippen LogP contribution >= 0.6 is 0 Å². The van der Waals surface area contributed by atoms with Crippen molar-refractivity contribution >= 4 is 32.8 Å². The van der Waals surface area contributed by atoms with Crippen LogP contribution in [0.4, 0.5) is 0 Å². The predicted molar refractivity (Wildman–Crippen MR) is 75.8 cm³/mol. The number of benzene rings is 2. The van der Waals surface area contributed by atoms with E-state index in [1.54, 1.807) is 6.07 Å². The number of carboxylic acid groups (broad SMARTS) is 1. The van der Waals surface area contributed by atoms with Crippen LogP contribution in [0.2, 0.25) is 0 Å². The van der Waals surface area contributed by atoms with Crippen molar-refractivity contribution in [1.29, 1.82) is 0 Å². The molecule has 110 valence electrons. The number of carbonyl (C=O) groups excluding carboxylic acids is 1. The number of rotatable bonds is 4. The molecule has 0 saturated carbocycles. The zero-order valence-electron chi connectivity index (χ0n) is 11.1. The highest BCUT2D eigenvalue weighted by atomic mass is 32.2. The summed E-state index contributed by atoms with van der Waals surface area (Å²) in [7, 11) is -3.93. The third kappa shape index (κ3) is 3.03. The van der Waals surface area contributed by atoms with E-state index in [1.807, 2.05) is 0 Å². The topological polar surface area (TPSA) is 97.7 Å². The van der Waals surface area contributed by atoms with Gasteiger partial charge in [-0.25, -0.2) is 9.59 Å². The molecule has 0 aliphatic heterocycles. The smallest absolute Gasteiger partial charge is 0.354 e. The minimum Gasteiger partial charge on any atom is -0.478 e. The zero-order valence-corrected chi connectivity index (χ0v) is 11.9. The number of carboxylic acids is 1. The van der Waals surface area contributed by atoms with Gasteiger partial charge in [-0.1, -0.05) is 24.3 Å². The molecule has 0 saturated heterocycles. The van der Waals surface area contributed by atoms with E-state index in [0.29, 0.717) is 10.8 Å². The Bertz CT molecular complexity index is 822. The molecule has 2 rings (SSSR count). The largest absolute Gasteiger partial charge is 0.478 e. The van der Waals surface area contributed by atoms with Crippen molar-refractivity contribution in [3.63, 3.8) is 0 Å². The van der Waals surface area contributed by atoms with Crippen LogP contribution in [0.1, 0.15) is 27.6 Å². The predicted octanol–water partition coefficient (Wildman–Crippen LogP) is 2.04. The molecule has 0 amide bonds. The fourth-order valence-corrected chi connectivity index (χ4v) is 2.33. The van der Waals surface area contributed by atoms with E-state index in [-0.39, 0.29) is 16.9 Å². The maximum absolute atomic E-state index is 12.0. The van der Waals surface area contributed by atoms with E-state index in [4.69, 9.17) is 5.11 Å². The molecule has 2 aromatic carbocycles. The number of hydrogen-bond acceptors (Lipinski definition) is 5. The fraction of sp³-hybridized carbons (Fsp3) is 0.143. The van der Waals surface area contributed by atoms with E-state index in [2.05, 4.69) is 4.18 Å². The summed E-state index contributed by atoms with van der Waals surface area (Å²) in [4.78, 5) is 23.1. The first-order valence-corrected chi connectivity index (χ1v) is 7.65. The number of aromatic carboxylic acids is 1. The Labute approximate surface area is 121 Å². The lowest BCUT2D eigenvalue weighted by molar-refractivity contribution is 0.0696. The van der Waals surface area contributed by atoms with Crippen molar-refractivity contribution in [3.05, 3.63) is 47.5 Å². The SMILES string of the molecule is CCS(=O)(=O)OC(=O)c1cccc2c(C(=O)O)cccc12. The van der Waals surface area contributed by atoms with Gasteiger partial charge < -0.3 is 9.29 Å². The van der Waals surface area contributed by atoms with Gasteiger partial charge in [-0.15, -0.1) is 0 Å². The molecule has 7 heteroatoms. The lowest BCUT2D eigenvalue weighted by Gasteiger charge is -2.08. The molecular weight excluding hydrogens is 296 g/mol. The molecule has 1 N–H and O–H groups in total. The standard InChI is InChI=1S/C14H12O6S/c1-2-21(18,19)20-14(17)12-8-4-5-9-10(12)6-3-7-11(9)13(15)16/h3-8H,2H2,1H3,(H,15,16). The Kier molecular flexibility index (Phi) is 3.95. The Morgan fingerprint density at radius 3 is 2.10 bits per heavy atom. The quantitative estimate of drug-likeness (QED) is 0.868. The van der Waals surface area contributed by atoms with Crippen molar-refractivity contribution in [1.82, 2.24) is 0 Å². The summed E-state index contributed by atoms with van der Waals surface area (Å²) < 4.78 is 27.2. The van der Waals surface area contributed by atoms with Gasteiger partial charge in [0.1, 0.15) is 0 Å². The van der Waals surface area contributed by atoms with Crippen LogP contribution in [0.15, 0.2) is 36.4 Å². The number of carbonyl (C=O) groups is 2. The Balaban J connectivity index is 2.58. The summed E-state index contributed by atoms with van der Waals surface area (Å²) in [6.07, 6.45) is 0. The Hall–Kier alpha value is -2.41. The molecule has 0 heterocycles. The molecular formula is C14H12O6S. The van der Waals surface area contributed by atoms with Crippen molar-refractivity contribution in [2.45, 2.75) is 6.92 Å². The van der Waals surface area contributed by atoms with Gasteiger partial charge in [0.2, 0.25) is 0 Å². The molecule has 0 aliphatic rings. The van der Waals surface area contributed by atoms with E-state index < -0.39 is 22.1 Å². The van der Waals surface area contributed by atoms with Gasteiger partial charge in [-0.2, -0.15) is 8.42 Å². The second kappa shape index (κ2) is 5.53. The molecule has 0 aliphatic carbocycles. The summed E-state index contributed by atoms with van der Waals surface area (Å²) in [6, 6.07) is 8.84. The van der Waals surface area contributed by atoms with Crippen LogP contribution in [-0.4, -0.2) is 31.2 Å². The Morgan fingerprint density at radius 1 is 1.05 bits per heavy atom. The monoisotopic (exact) mass is 308 g/mol. The van der Waals surface area contributed by atoms with Gasteiger partial charge in [0.15, 0.2) is 0 Å². The average Bonchev–Trinajstić information content (AvgIpc) is 2.45. The van der Waals surface area contributed by atoms with Crippen molar-refractivity contribution in [3.8, 4) is 0 Å². The molecule has 0 atom stereocenters. The lowest BCUT2D eigenvalue weighted by Crippen LogP contribution is -2.15. The molecule has 0 aromatic heterocycles. The number of fused-ring (bicyclic) bond motifs is 1. The highest BCUT2D eigenvalue weighted by molar-refractivity contribution is 7.87. The summed E-state index contributed by atoms with van der Waals surface area (Å²) in [6.45, 7) is 1.36. The summed E-state index contributed by atoms with van der Waals surface area (Å²) >= 11 is 0. The van der Waals surface area contributed by atoms with Crippen LogP contribution in [0.5, 0.6) is 0 Å². The normalized spacial score (nSPS) is 11.3. The molecule has 6 nitrogen and oxygen atoms in total. The van der Waals surface area contributed by atoms with Gasteiger partial charge >= 0.3 is 22.1 Å². The molecule has 21 heavy (non-hydrogen) atoms. The lowest BCUT2D eigenvalue weighted by atomic mass is 10.0. The van der Waals surface area contributed by atoms with Gasteiger partial charge in [-0.05, 0) is 29.8 Å². The molecule has 0 unspecified atom stereocenters. The zero-order chi connectivity index (χ0) is 15.6. The van der Waals surface area contributed by atoms with E-state index >= 15 is 0 Å². The minimum absolute atomic E-state index is 0.00706. The first-order valence-electron chi connectivity index (χ1n) is 6.07. The van der Waals surface area contributed by atoms with Gasteiger partial charge in [0.05, 0.1) is 16.9 Å².